The van der Waals surface area contributed by atoms with Crippen molar-refractivity contribution in [2.45, 2.75) is 13.3 Å². The number of hydrogen-bond acceptors (Lipinski definition) is 5. The summed E-state index contributed by atoms with van der Waals surface area (Å²) in [6, 6.07) is 5.56. The summed E-state index contributed by atoms with van der Waals surface area (Å²) in [5, 5.41) is 3.27. The second kappa shape index (κ2) is 7.26. The van der Waals surface area contributed by atoms with Crippen LogP contribution in [0, 0.1) is 0 Å². The number of methoxy groups -OCH3 is 2. The quantitative estimate of drug-likeness (QED) is 0.858. The summed E-state index contributed by atoms with van der Waals surface area (Å²) in [4.78, 5) is 8.93. The van der Waals surface area contributed by atoms with Crippen LogP contribution in [0.3, 0.4) is 0 Å². The van der Waals surface area contributed by atoms with Crippen LogP contribution < -0.4 is 14.8 Å². The van der Waals surface area contributed by atoms with E-state index in [4.69, 9.17) is 9.47 Å². The van der Waals surface area contributed by atoms with E-state index in [2.05, 4.69) is 38.1 Å². The minimum atomic E-state index is 0.590. The third-order valence-corrected chi connectivity index (χ3v) is 3.51. The average Bonchev–Trinajstić information content (AvgIpc) is 2.53. The highest BCUT2D eigenvalue weighted by atomic mass is 79.9. The summed E-state index contributed by atoms with van der Waals surface area (Å²) in [6.07, 6.45) is 2.76. The Labute approximate surface area is 132 Å². The molecule has 0 fully saturated rings. The molecule has 2 aromatic rings. The number of aromatic nitrogens is 2. The number of nitrogens with zero attached hydrogens (tertiary/aromatic N) is 2. The molecule has 1 aromatic carbocycles. The van der Waals surface area contributed by atoms with E-state index >= 15 is 0 Å². The van der Waals surface area contributed by atoms with Crippen LogP contribution >= 0.6 is 15.9 Å². The Bertz CT molecular complexity index is 620. The number of halogens is 1. The van der Waals surface area contributed by atoms with E-state index in [1.807, 2.05) is 18.2 Å². The van der Waals surface area contributed by atoms with Crippen molar-refractivity contribution in [1.29, 1.82) is 0 Å². The molecule has 0 saturated carbocycles. The Balaban J connectivity index is 2.45. The molecule has 0 aliphatic rings. The van der Waals surface area contributed by atoms with Crippen molar-refractivity contribution in [3.05, 3.63) is 28.9 Å². The molecule has 0 radical (unpaired) electrons. The molecule has 1 aromatic heterocycles. The van der Waals surface area contributed by atoms with E-state index in [0.29, 0.717) is 11.6 Å². The van der Waals surface area contributed by atoms with Gasteiger partial charge in [0.1, 0.15) is 17.3 Å². The normalized spacial score (nSPS) is 10.3. The number of benzene rings is 1. The molecule has 0 bridgehead atoms. The molecule has 0 spiro atoms. The summed E-state index contributed by atoms with van der Waals surface area (Å²) < 4.78 is 11.5. The molecule has 112 valence electrons. The van der Waals surface area contributed by atoms with Crippen LogP contribution in [0.2, 0.25) is 0 Å². The number of anilines is 1. The largest absolute Gasteiger partial charge is 0.497 e. The molecule has 0 atom stereocenters. The van der Waals surface area contributed by atoms with Gasteiger partial charge in [0, 0.05) is 12.7 Å². The Morgan fingerprint density at radius 2 is 2.05 bits per heavy atom. The summed E-state index contributed by atoms with van der Waals surface area (Å²) in [7, 11) is 3.25. The van der Waals surface area contributed by atoms with Gasteiger partial charge < -0.3 is 14.8 Å². The first-order chi connectivity index (χ1) is 10.2. The van der Waals surface area contributed by atoms with E-state index in [0.717, 1.165) is 34.6 Å². The van der Waals surface area contributed by atoms with E-state index in [1.165, 1.54) is 0 Å². The maximum Gasteiger partial charge on any atom is 0.165 e. The van der Waals surface area contributed by atoms with Crippen molar-refractivity contribution in [2.75, 3.05) is 26.1 Å². The van der Waals surface area contributed by atoms with Gasteiger partial charge in [-0.3, -0.25) is 0 Å². The molecule has 0 saturated heterocycles. The number of rotatable bonds is 6. The van der Waals surface area contributed by atoms with Gasteiger partial charge in [0.15, 0.2) is 5.82 Å². The zero-order chi connectivity index (χ0) is 15.2. The predicted octanol–water partition coefficient (Wildman–Crippen LogP) is 3.75. The first kappa shape index (κ1) is 15.6. The molecular formula is C15H18BrN3O2. The molecule has 1 N–H and O–H groups in total. The summed E-state index contributed by atoms with van der Waals surface area (Å²) in [6.45, 7) is 2.96. The van der Waals surface area contributed by atoms with E-state index in [1.54, 1.807) is 20.4 Å². The monoisotopic (exact) mass is 351 g/mol. The number of hydrogen-bond donors (Lipinski definition) is 1. The van der Waals surface area contributed by atoms with Gasteiger partial charge in [-0.2, -0.15) is 0 Å². The van der Waals surface area contributed by atoms with Gasteiger partial charge in [-0.15, -0.1) is 0 Å². The van der Waals surface area contributed by atoms with Crippen molar-refractivity contribution in [2.24, 2.45) is 0 Å². The molecule has 0 aliphatic heterocycles. The Hall–Kier alpha value is -1.82. The molecule has 1 heterocycles. The Morgan fingerprint density at radius 1 is 1.24 bits per heavy atom. The average molecular weight is 352 g/mol. The summed E-state index contributed by atoms with van der Waals surface area (Å²) in [5.41, 5.74) is 0.795. The lowest BCUT2D eigenvalue weighted by atomic mass is 10.1. The van der Waals surface area contributed by atoms with Gasteiger partial charge in [0.05, 0.1) is 24.3 Å². The molecule has 6 heteroatoms. The highest BCUT2D eigenvalue weighted by Gasteiger charge is 2.12. The standard InChI is InChI=1S/C15H18BrN3O2/c1-4-7-17-15-12(16)9-18-14(19-15)11-8-10(20-2)5-6-13(11)21-3/h5-6,8-9H,4,7H2,1-3H3,(H,17,18,19). The molecular weight excluding hydrogens is 334 g/mol. The van der Waals surface area contributed by atoms with Gasteiger partial charge in [-0.1, -0.05) is 6.92 Å². The van der Waals surface area contributed by atoms with E-state index < -0.39 is 0 Å². The van der Waals surface area contributed by atoms with Gasteiger partial charge in [0.2, 0.25) is 0 Å². The summed E-state index contributed by atoms with van der Waals surface area (Å²) >= 11 is 3.45. The maximum absolute atomic E-state index is 5.38. The van der Waals surface area contributed by atoms with Crippen LogP contribution in [0.4, 0.5) is 5.82 Å². The number of ether oxygens (including phenoxy) is 2. The van der Waals surface area contributed by atoms with Crippen LogP contribution in [-0.4, -0.2) is 30.7 Å². The maximum atomic E-state index is 5.38. The first-order valence-corrected chi connectivity index (χ1v) is 7.47. The van der Waals surface area contributed by atoms with Crippen molar-refractivity contribution in [3.63, 3.8) is 0 Å². The Morgan fingerprint density at radius 3 is 2.71 bits per heavy atom. The molecule has 5 nitrogen and oxygen atoms in total. The zero-order valence-electron chi connectivity index (χ0n) is 12.3. The predicted molar refractivity (Wildman–Crippen MR) is 87.1 cm³/mol. The topological polar surface area (TPSA) is 56.3 Å². The van der Waals surface area contributed by atoms with Crippen LogP contribution in [0.5, 0.6) is 11.5 Å². The van der Waals surface area contributed by atoms with Gasteiger partial charge in [-0.05, 0) is 40.5 Å². The molecule has 0 amide bonds. The van der Waals surface area contributed by atoms with Gasteiger partial charge in [0.25, 0.3) is 0 Å². The van der Waals surface area contributed by atoms with Crippen LogP contribution in [0.15, 0.2) is 28.9 Å². The minimum Gasteiger partial charge on any atom is -0.497 e. The minimum absolute atomic E-state index is 0.590. The van der Waals surface area contributed by atoms with Gasteiger partial charge >= 0.3 is 0 Å². The lowest BCUT2D eigenvalue weighted by Crippen LogP contribution is -2.04. The third kappa shape index (κ3) is 3.64. The third-order valence-electron chi connectivity index (χ3n) is 2.93. The SMILES string of the molecule is CCCNc1nc(-c2cc(OC)ccc2OC)ncc1Br. The fourth-order valence-electron chi connectivity index (χ4n) is 1.85. The second-order valence-electron chi connectivity index (χ2n) is 4.38. The van der Waals surface area contributed by atoms with Gasteiger partial charge in [-0.25, -0.2) is 9.97 Å². The number of nitrogens with one attached hydrogen (secondary N) is 1. The summed E-state index contributed by atoms with van der Waals surface area (Å²) in [5.74, 6) is 2.80. The van der Waals surface area contributed by atoms with Crippen molar-refractivity contribution >= 4 is 21.7 Å². The second-order valence-corrected chi connectivity index (χ2v) is 5.24. The van der Waals surface area contributed by atoms with Crippen molar-refractivity contribution < 1.29 is 9.47 Å². The van der Waals surface area contributed by atoms with Crippen LogP contribution in [0.1, 0.15) is 13.3 Å². The van der Waals surface area contributed by atoms with Crippen molar-refractivity contribution in [3.8, 4) is 22.9 Å². The van der Waals surface area contributed by atoms with Crippen molar-refractivity contribution in [1.82, 2.24) is 9.97 Å². The Kier molecular flexibility index (Phi) is 5.38. The zero-order valence-corrected chi connectivity index (χ0v) is 13.9. The smallest absolute Gasteiger partial charge is 0.165 e. The van der Waals surface area contributed by atoms with E-state index in [9.17, 15) is 0 Å². The fourth-order valence-corrected chi connectivity index (χ4v) is 2.18. The van der Waals surface area contributed by atoms with Crippen LogP contribution in [0.25, 0.3) is 11.4 Å². The highest BCUT2D eigenvalue weighted by molar-refractivity contribution is 9.10. The highest BCUT2D eigenvalue weighted by Crippen LogP contribution is 2.32. The lowest BCUT2D eigenvalue weighted by molar-refractivity contribution is 0.404. The molecule has 2 rings (SSSR count). The van der Waals surface area contributed by atoms with E-state index in [-0.39, 0.29) is 0 Å². The fraction of sp³-hybridized carbons (Fsp3) is 0.333. The van der Waals surface area contributed by atoms with Crippen LogP contribution in [-0.2, 0) is 0 Å². The first-order valence-electron chi connectivity index (χ1n) is 6.68. The molecule has 0 unspecified atom stereocenters. The lowest BCUT2D eigenvalue weighted by Gasteiger charge is -2.11. The molecule has 21 heavy (non-hydrogen) atoms. The molecule has 0 aliphatic carbocycles.